The molecule has 1 saturated heterocycles. The fourth-order valence-electron chi connectivity index (χ4n) is 3.39. The molecule has 2 aliphatic rings. The minimum Gasteiger partial charge on any atom is -0.498 e. The van der Waals surface area contributed by atoms with Gasteiger partial charge in [0.2, 0.25) is 0 Å². The van der Waals surface area contributed by atoms with Crippen molar-refractivity contribution in [2.75, 3.05) is 19.7 Å². The average Bonchev–Trinajstić information content (AvgIpc) is 3.00. The zero-order chi connectivity index (χ0) is 14.3. The molecule has 0 aromatic carbocycles. The molecule has 19 heavy (non-hydrogen) atoms. The van der Waals surface area contributed by atoms with Crippen molar-refractivity contribution in [3.05, 3.63) is 12.3 Å². The van der Waals surface area contributed by atoms with Crippen LogP contribution in [-0.4, -0.2) is 40.8 Å². The van der Waals surface area contributed by atoms with Gasteiger partial charge in [-0.2, -0.15) is 0 Å². The molecule has 0 spiro atoms. The molecule has 2 rings (SSSR count). The van der Waals surface area contributed by atoms with E-state index in [1.165, 1.54) is 12.8 Å². The summed E-state index contributed by atoms with van der Waals surface area (Å²) in [4.78, 5) is 2.49. The monoisotopic (exact) mass is 267 g/mol. The molecule has 3 nitrogen and oxygen atoms in total. The van der Waals surface area contributed by atoms with E-state index in [-0.39, 0.29) is 5.54 Å². The first-order valence-corrected chi connectivity index (χ1v) is 7.46. The van der Waals surface area contributed by atoms with Gasteiger partial charge in [0.25, 0.3) is 0 Å². The molecular formula is C16H29NO2. The lowest BCUT2D eigenvalue weighted by Crippen LogP contribution is -2.44. The summed E-state index contributed by atoms with van der Waals surface area (Å²) in [6.07, 6.45) is 4.42. The van der Waals surface area contributed by atoms with Gasteiger partial charge >= 0.3 is 0 Å². The fraction of sp³-hybridized carbons (Fsp3) is 0.875. The lowest BCUT2D eigenvalue weighted by Gasteiger charge is -2.36. The summed E-state index contributed by atoms with van der Waals surface area (Å²) in [6.45, 7) is 14.8. The standard InChI is InChI=1S/C16H29NO2/c1-6-14(4)9-15(5,18)10-17(14)11-16(7-8-16)12-19-13(2)3/h18H,2,6-12H2,1,3-5H3. The molecule has 0 aromatic rings. The van der Waals surface area contributed by atoms with Gasteiger partial charge in [-0.25, -0.2) is 0 Å². The molecule has 0 aromatic heterocycles. The van der Waals surface area contributed by atoms with E-state index in [9.17, 15) is 5.11 Å². The van der Waals surface area contributed by atoms with Gasteiger partial charge in [-0.1, -0.05) is 13.5 Å². The molecule has 2 unspecified atom stereocenters. The highest BCUT2D eigenvalue weighted by Crippen LogP contribution is 2.50. The quantitative estimate of drug-likeness (QED) is 0.751. The van der Waals surface area contributed by atoms with Crippen molar-refractivity contribution in [3.8, 4) is 0 Å². The van der Waals surface area contributed by atoms with E-state index in [1.807, 2.05) is 13.8 Å². The second-order valence-corrected chi connectivity index (χ2v) is 7.37. The highest BCUT2D eigenvalue weighted by Gasteiger charge is 2.52. The highest BCUT2D eigenvalue weighted by atomic mass is 16.5. The van der Waals surface area contributed by atoms with Gasteiger partial charge < -0.3 is 9.84 Å². The first-order chi connectivity index (χ1) is 8.70. The predicted octanol–water partition coefficient (Wildman–Crippen LogP) is 2.94. The molecule has 3 heteroatoms. The van der Waals surface area contributed by atoms with E-state index < -0.39 is 5.60 Å². The number of nitrogens with zero attached hydrogens (tertiary/aromatic N) is 1. The number of allylic oxidation sites excluding steroid dienone is 1. The normalized spacial score (nSPS) is 37.3. The maximum Gasteiger partial charge on any atom is 0.0945 e. The Balaban J connectivity index is 2.00. The molecule has 0 bridgehead atoms. The van der Waals surface area contributed by atoms with Crippen LogP contribution in [-0.2, 0) is 4.74 Å². The van der Waals surface area contributed by atoms with E-state index >= 15 is 0 Å². The maximum atomic E-state index is 10.4. The number of aliphatic hydroxyl groups is 1. The number of rotatable bonds is 6. The van der Waals surface area contributed by atoms with Crippen molar-refractivity contribution in [2.45, 2.75) is 64.5 Å². The molecule has 0 amide bonds. The molecule has 0 radical (unpaired) electrons. The fourth-order valence-corrected chi connectivity index (χ4v) is 3.39. The van der Waals surface area contributed by atoms with E-state index in [2.05, 4.69) is 25.3 Å². The third-order valence-corrected chi connectivity index (χ3v) is 4.93. The Kier molecular flexibility index (Phi) is 3.74. The van der Waals surface area contributed by atoms with Crippen LogP contribution >= 0.6 is 0 Å². The van der Waals surface area contributed by atoms with Crippen LogP contribution in [0.25, 0.3) is 0 Å². The lowest BCUT2D eigenvalue weighted by molar-refractivity contribution is 0.0576. The summed E-state index contributed by atoms with van der Waals surface area (Å²) in [7, 11) is 0. The predicted molar refractivity (Wildman–Crippen MR) is 77.9 cm³/mol. The molecule has 1 N–H and O–H groups in total. The van der Waals surface area contributed by atoms with Crippen LogP contribution in [0.15, 0.2) is 12.3 Å². The van der Waals surface area contributed by atoms with Crippen molar-refractivity contribution in [1.29, 1.82) is 0 Å². The SMILES string of the molecule is C=C(C)OCC1(CN2CC(C)(O)CC2(C)CC)CC1. The van der Waals surface area contributed by atoms with Crippen LogP contribution in [0.3, 0.4) is 0 Å². The van der Waals surface area contributed by atoms with E-state index in [0.29, 0.717) is 5.41 Å². The Labute approximate surface area is 117 Å². The van der Waals surface area contributed by atoms with Crippen LogP contribution in [0.4, 0.5) is 0 Å². The topological polar surface area (TPSA) is 32.7 Å². The van der Waals surface area contributed by atoms with Crippen LogP contribution in [0, 0.1) is 5.41 Å². The Bertz CT molecular complexity index is 360. The minimum atomic E-state index is -0.546. The number of likely N-dealkylation sites (tertiary alicyclic amines) is 1. The van der Waals surface area contributed by atoms with Gasteiger partial charge in [0, 0.05) is 24.0 Å². The summed E-state index contributed by atoms with van der Waals surface area (Å²) in [5.74, 6) is 0.804. The lowest BCUT2D eigenvalue weighted by atomic mass is 9.90. The van der Waals surface area contributed by atoms with Gasteiger partial charge in [0.05, 0.1) is 18.0 Å². The van der Waals surface area contributed by atoms with Crippen molar-refractivity contribution >= 4 is 0 Å². The van der Waals surface area contributed by atoms with E-state index in [0.717, 1.165) is 38.3 Å². The molecule has 1 aliphatic carbocycles. The summed E-state index contributed by atoms with van der Waals surface area (Å²) in [6, 6.07) is 0. The number of hydrogen-bond acceptors (Lipinski definition) is 3. The van der Waals surface area contributed by atoms with Gasteiger partial charge in [0.1, 0.15) is 0 Å². The maximum absolute atomic E-state index is 10.4. The largest absolute Gasteiger partial charge is 0.498 e. The van der Waals surface area contributed by atoms with E-state index in [1.54, 1.807) is 0 Å². The first kappa shape index (κ1) is 14.9. The van der Waals surface area contributed by atoms with E-state index in [4.69, 9.17) is 4.74 Å². The third-order valence-electron chi connectivity index (χ3n) is 4.93. The van der Waals surface area contributed by atoms with Crippen LogP contribution < -0.4 is 0 Å². The van der Waals surface area contributed by atoms with Crippen LogP contribution in [0.5, 0.6) is 0 Å². The summed E-state index contributed by atoms with van der Waals surface area (Å²) < 4.78 is 5.65. The molecular weight excluding hydrogens is 238 g/mol. The average molecular weight is 267 g/mol. The zero-order valence-electron chi connectivity index (χ0n) is 13.0. The number of hydrogen-bond donors (Lipinski definition) is 1. The molecule has 1 heterocycles. The molecule has 1 aliphatic heterocycles. The van der Waals surface area contributed by atoms with Gasteiger partial charge in [0.15, 0.2) is 0 Å². The molecule has 2 atom stereocenters. The second-order valence-electron chi connectivity index (χ2n) is 7.37. The summed E-state index contributed by atoms with van der Waals surface area (Å²) in [5, 5.41) is 10.4. The second kappa shape index (κ2) is 4.78. The number of ether oxygens (including phenoxy) is 1. The highest BCUT2D eigenvalue weighted by molar-refractivity contribution is 5.06. The van der Waals surface area contributed by atoms with Crippen molar-refractivity contribution in [2.24, 2.45) is 5.41 Å². The van der Waals surface area contributed by atoms with Gasteiger partial charge in [-0.15, -0.1) is 0 Å². The van der Waals surface area contributed by atoms with Crippen LogP contribution in [0.1, 0.15) is 53.4 Å². The summed E-state index contributed by atoms with van der Waals surface area (Å²) >= 11 is 0. The molecule has 1 saturated carbocycles. The number of β-amino-alcohol motifs (C(OH)–C–C–N with tert-alkyl or cyclic N) is 1. The van der Waals surface area contributed by atoms with Crippen LogP contribution in [0.2, 0.25) is 0 Å². The minimum absolute atomic E-state index is 0.127. The van der Waals surface area contributed by atoms with Crippen molar-refractivity contribution in [1.82, 2.24) is 4.90 Å². The van der Waals surface area contributed by atoms with Gasteiger partial charge in [-0.3, -0.25) is 4.90 Å². The Morgan fingerprint density at radius 2 is 2.00 bits per heavy atom. The van der Waals surface area contributed by atoms with Crippen molar-refractivity contribution in [3.63, 3.8) is 0 Å². The summed E-state index contributed by atoms with van der Waals surface area (Å²) in [5.41, 5.74) is -0.117. The Morgan fingerprint density at radius 1 is 1.37 bits per heavy atom. The molecule has 2 fully saturated rings. The molecule has 110 valence electrons. The Morgan fingerprint density at radius 3 is 2.47 bits per heavy atom. The van der Waals surface area contributed by atoms with Crippen molar-refractivity contribution < 1.29 is 9.84 Å². The zero-order valence-corrected chi connectivity index (χ0v) is 13.0. The van der Waals surface area contributed by atoms with Gasteiger partial charge in [-0.05, 0) is 46.5 Å². The first-order valence-electron chi connectivity index (χ1n) is 7.46. The Hall–Kier alpha value is -0.540. The third kappa shape index (κ3) is 3.32. The smallest absolute Gasteiger partial charge is 0.0945 e.